The van der Waals surface area contributed by atoms with Crippen LogP contribution < -0.4 is 4.90 Å². The standard InChI is InChI=1S/C18H17ClN6O/c1-2-16-22-18(24-23-16)15-10-25(5-6-26-15)17-7-11(9-20)13-8-12(19)3-4-14(13)21-17/h3-4,7-8,15H,2,5-6,10H2,1H3,(H,22,23,24). The number of H-pyrrole nitrogens is 1. The number of aryl methyl sites for hydroxylation is 1. The van der Waals surface area contributed by atoms with Crippen LogP contribution in [-0.4, -0.2) is 39.9 Å². The van der Waals surface area contributed by atoms with Crippen molar-refractivity contribution in [3.8, 4) is 6.07 Å². The van der Waals surface area contributed by atoms with E-state index in [0.29, 0.717) is 36.1 Å². The number of nitriles is 1. The number of pyridine rings is 1. The molecule has 1 aromatic carbocycles. The minimum absolute atomic E-state index is 0.228. The predicted molar refractivity (Wildman–Crippen MR) is 98.1 cm³/mol. The van der Waals surface area contributed by atoms with E-state index in [0.717, 1.165) is 29.0 Å². The zero-order valence-electron chi connectivity index (χ0n) is 14.2. The van der Waals surface area contributed by atoms with E-state index >= 15 is 0 Å². The maximum absolute atomic E-state index is 9.52. The van der Waals surface area contributed by atoms with Gasteiger partial charge in [-0.05, 0) is 24.3 Å². The van der Waals surface area contributed by atoms with Crippen LogP contribution in [-0.2, 0) is 11.2 Å². The molecule has 1 unspecified atom stereocenters. The molecule has 1 aliphatic heterocycles. The van der Waals surface area contributed by atoms with Crippen LogP contribution in [0.25, 0.3) is 10.9 Å². The molecule has 1 aliphatic rings. The van der Waals surface area contributed by atoms with Crippen LogP contribution in [0.3, 0.4) is 0 Å². The van der Waals surface area contributed by atoms with Gasteiger partial charge in [0, 0.05) is 23.4 Å². The van der Waals surface area contributed by atoms with Gasteiger partial charge in [-0.1, -0.05) is 18.5 Å². The molecular formula is C18H17ClN6O. The van der Waals surface area contributed by atoms with Gasteiger partial charge >= 0.3 is 0 Å². The highest BCUT2D eigenvalue weighted by Gasteiger charge is 2.26. The van der Waals surface area contributed by atoms with Crippen molar-refractivity contribution in [2.24, 2.45) is 0 Å². The summed E-state index contributed by atoms with van der Waals surface area (Å²) < 4.78 is 5.84. The molecule has 1 fully saturated rings. The van der Waals surface area contributed by atoms with Gasteiger partial charge in [-0.3, -0.25) is 5.10 Å². The van der Waals surface area contributed by atoms with Crippen molar-refractivity contribution < 1.29 is 4.74 Å². The van der Waals surface area contributed by atoms with Gasteiger partial charge in [0.15, 0.2) is 5.82 Å². The highest BCUT2D eigenvalue weighted by atomic mass is 35.5. The first-order valence-corrected chi connectivity index (χ1v) is 8.84. The van der Waals surface area contributed by atoms with E-state index in [4.69, 9.17) is 21.3 Å². The lowest BCUT2D eigenvalue weighted by Gasteiger charge is -2.32. The number of rotatable bonds is 3. The number of hydrogen-bond acceptors (Lipinski definition) is 6. The van der Waals surface area contributed by atoms with Gasteiger partial charge in [-0.25, -0.2) is 9.97 Å². The van der Waals surface area contributed by atoms with Crippen LogP contribution in [0.2, 0.25) is 5.02 Å². The molecule has 132 valence electrons. The van der Waals surface area contributed by atoms with Crippen molar-refractivity contribution in [2.45, 2.75) is 19.4 Å². The molecule has 0 spiro atoms. The van der Waals surface area contributed by atoms with Gasteiger partial charge in [0.25, 0.3) is 0 Å². The summed E-state index contributed by atoms with van der Waals surface area (Å²) in [6.07, 6.45) is 0.567. The zero-order chi connectivity index (χ0) is 18.1. The SMILES string of the molecule is CCc1nc(C2CN(c3cc(C#N)c4cc(Cl)ccc4n3)CCO2)n[nH]1. The fraction of sp³-hybridized carbons (Fsp3) is 0.333. The number of aromatic amines is 1. The topological polar surface area (TPSA) is 90.7 Å². The van der Waals surface area contributed by atoms with Crippen LogP contribution in [0.4, 0.5) is 5.82 Å². The van der Waals surface area contributed by atoms with E-state index in [1.54, 1.807) is 18.2 Å². The number of nitrogens with one attached hydrogen (secondary N) is 1. The lowest BCUT2D eigenvalue weighted by molar-refractivity contribution is 0.0340. The Morgan fingerprint density at radius 3 is 3.04 bits per heavy atom. The molecular weight excluding hydrogens is 352 g/mol. The Morgan fingerprint density at radius 2 is 2.27 bits per heavy atom. The van der Waals surface area contributed by atoms with Crippen molar-refractivity contribution >= 4 is 28.3 Å². The summed E-state index contributed by atoms with van der Waals surface area (Å²) in [5.74, 6) is 2.24. The quantitative estimate of drug-likeness (QED) is 0.764. The minimum Gasteiger partial charge on any atom is -0.366 e. The smallest absolute Gasteiger partial charge is 0.181 e. The minimum atomic E-state index is -0.228. The summed E-state index contributed by atoms with van der Waals surface area (Å²) in [7, 11) is 0. The van der Waals surface area contributed by atoms with Crippen molar-refractivity contribution in [1.82, 2.24) is 20.2 Å². The molecule has 0 saturated carbocycles. The molecule has 3 aromatic rings. The Morgan fingerprint density at radius 1 is 1.38 bits per heavy atom. The number of nitrogens with zero attached hydrogens (tertiary/aromatic N) is 5. The second-order valence-electron chi connectivity index (χ2n) is 6.10. The molecule has 3 heterocycles. The van der Waals surface area contributed by atoms with Gasteiger partial charge in [-0.15, -0.1) is 0 Å². The van der Waals surface area contributed by atoms with Crippen LogP contribution in [0, 0.1) is 11.3 Å². The molecule has 0 radical (unpaired) electrons. The van der Waals surface area contributed by atoms with Crippen LogP contribution >= 0.6 is 11.6 Å². The molecule has 1 atom stereocenters. The Balaban J connectivity index is 1.66. The number of fused-ring (bicyclic) bond motifs is 1. The summed E-state index contributed by atoms with van der Waals surface area (Å²) in [5, 5.41) is 18.1. The summed E-state index contributed by atoms with van der Waals surface area (Å²) in [5.41, 5.74) is 1.30. The highest BCUT2D eigenvalue weighted by molar-refractivity contribution is 6.31. The van der Waals surface area contributed by atoms with E-state index in [-0.39, 0.29) is 6.10 Å². The van der Waals surface area contributed by atoms with Crippen molar-refractivity contribution in [1.29, 1.82) is 5.26 Å². The lowest BCUT2D eigenvalue weighted by Crippen LogP contribution is -2.39. The normalized spacial score (nSPS) is 17.4. The number of ether oxygens (including phenoxy) is 1. The average molecular weight is 369 g/mol. The summed E-state index contributed by atoms with van der Waals surface area (Å²) in [4.78, 5) is 11.3. The summed E-state index contributed by atoms with van der Waals surface area (Å²) >= 11 is 6.06. The van der Waals surface area contributed by atoms with E-state index in [9.17, 15) is 5.26 Å². The average Bonchev–Trinajstić information content (AvgIpc) is 3.16. The molecule has 0 bridgehead atoms. The third-order valence-electron chi connectivity index (χ3n) is 4.44. The first-order chi connectivity index (χ1) is 12.7. The van der Waals surface area contributed by atoms with Gasteiger partial charge in [0.05, 0.1) is 30.3 Å². The van der Waals surface area contributed by atoms with E-state index in [2.05, 4.69) is 26.2 Å². The molecule has 0 amide bonds. The third kappa shape index (κ3) is 3.09. The molecule has 2 aromatic heterocycles. The van der Waals surface area contributed by atoms with Crippen molar-refractivity contribution in [3.05, 3.63) is 46.5 Å². The number of halogens is 1. The second-order valence-corrected chi connectivity index (χ2v) is 6.54. The van der Waals surface area contributed by atoms with Crippen LogP contribution in [0.1, 0.15) is 30.2 Å². The molecule has 1 saturated heterocycles. The number of morpholine rings is 1. The molecule has 7 nitrogen and oxygen atoms in total. The Bertz CT molecular complexity index is 995. The maximum Gasteiger partial charge on any atom is 0.181 e. The predicted octanol–water partition coefficient (Wildman–Crippen LogP) is 3.02. The maximum atomic E-state index is 9.52. The van der Waals surface area contributed by atoms with Crippen LogP contribution in [0.5, 0.6) is 0 Å². The second kappa shape index (κ2) is 6.90. The molecule has 1 N–H and O–H groups in total. The molecule has 26 heavy (non-hydrogen) atoms. The van der Waals surface area contributed by atoms with E-state index < -0.39 is 0 Å². The van der Waals surface area contributed by atoms with E-state index in [1.165, 1.54) is 0 Å². The Hall–Kier alpha value is -2.69. The third-order valence-corrected chi connectivity index (χ3v) is 4.68. The monoisotopic (exact) mass is 368 g/mol. The number of benzene rings is 1. The highest BCUT2D eigenvalue weighted by Crippen LogP contribution is 2.28. The Kier molecular flexibility index (Phi) is 4.45. The van der Waals surface area contributed by atoms with Gasteiger partial charge in [0.1, 0.15) is 17.7 Å². The summed E-state index contributed by atoms with van der Waals surface area (Å²) in [6, 6.07) is 9.44. The van der Waals surface area contributed by atoms with Crippen molar-refractivity contribution in [2.75, 3.05) is 24.6 Å². The first-order valence-electron chi connectivity index (χ1n) is 8.46. The first kappa shape index (κ1) is 16.8. The fourth-order valence-corrected chi connectivity index (χ4v) is 3.24. The number of hydrogen-bond donors (Lipinski definition) is 1. The molecule has 4 rings (SSSR count). The Labute approximate surface area is 155 Å². The summed E-state index contributed by atoms with van der Waals surface area (Å²) in [6.45, 7) is 3.84. The number of aromatic nitrogens is 4. The van der Waals surface area contributed by atoms with E-state index in [1.807, 2.05) is 13.0 Å². The largest absolute Gasteiger partial charge is 0.366 e. The van der Waals surface area contributed by atoms with Crippen LogP contribution in [0.15, 0.2) is 24.3 Å². The van der Waals surface area contributed by atoms with Crippen molar-refractivity contribution in [3.63, 3.8) is 0 Å². The molecule has 0 aliphatic carbocycles. The number of anilines is 1. The molecule has 8 heteroatoms. The van der Waals surface area contributed by atoms with Gasteiger partial charge in [0.2, 0.25) is 0 Å². The zero-order valence-corrected chi connectivity index (χ0v) is 15.0. The van der Waals surface area contributed by atoms with Gasteiger partial charge < -0.3 is 9.64 Å². The fourth-order valence-electron chi connectivity index (χ4n) is 3.06. The van der Waals surface area contributed by atoms with Gasteiger partial charge in [-0.2, -0.15) is 10.4 Å². The lowest BCUT2D eigenvalue weighted by atomic mass is 10.1.